The molecule has 0 aliphatic heterocycles. The van der Waals surface area contributed by atoms with Crippen LogP contribution in [0, 0.1) is 0 Å². The molecule has 1 rings (SSSR count). The van der Waals surface area contributed by atoms with Crippen molar-refractivity contribution in [2.45, 2.75) is 11.9 Å². The van der Waals surface area contributed by atoms with Crippen LogP contribution in [0.2, 0.25) is 0 Å². The minimum absolute atomic E-state index is 0.0616. The molecule has 13 heavy (non-hydrogen) atoms. The van der Waals surface area contributed by atoms with Crippen LogP contribution in [0.4, 0.5) is 13.2 Å². The average molecular weight is 271 g/mol. The van der Waals surface area contributed by atoms with Gasteiger partial charge >= 0.3 is 6.18 Å². The van der Waals surface area contributed by atoms with Gasteiger partial charge in [0.05, 0.1) is 5.56 Å². The van der Waals surface area contributed by atoms with Gasteiger partial charge in [-0.15, -0.1) is 0 Å². The highest BCUT2D eigenvalue weighted by Gasteiger charge is 2.32. The molecule has 0 N–H and O–H groups in total. The van der Waals surface area contributed by atoms with Gasteiger partial charge in [-0.25, -0.2) is 0 Å². The highest BCUT2D eigenvalue weighted by atomic mass is 79.9. The third kappa shape index (κ3) is 2.64. The second kappa shape index (κ2) is 3.92. The second-order valence-electron chi connectivity index (χ2n) is 2.47. The van der Waals surface area contributed by atoms with Crippen LogP contribution < -0.4 is 0 Å². The summed E-state index contributed by atoms with van der Waals surface area (Å²) >= 11 is 6.83. The Morgan fingerprint density at radius 2 is 1.92 bits per heavy atom. The Bertz CT molecular complexity index is 309. The van der Waals surface area contributed by atoms with E-state index in [4.69, 9.17) is 0 Å². The Morgan fingerprint density at radius 1 is 1.31 bits per heavy atom. The van der Waals surface area contributed by atoms with Gasteiger partial charge in [0.2, 0.25) is 0 Å². The van der Waals surface area contributed by atoms with E-state index in [1.807, 2.05) is 0 Å². The molecule has 0 aliphatic rings. The van der Waals surface area contributed by atoms with Crippen molar-refractivity contribution in [3.05, 3.63) is 33.8 Å². The fourth-order valence-corrected chi connectivity index (χ4v) is 1.73. The van der Waals surface area contributed by atoms with Crippen molar-refractivity contribution in [2.75, 3.05) is 0 Å². The molecule has 0 atom stereocenters. The quantitative estimate of drug-likeness (QED) is 0.736. The van der Waals surface area contributed by atoms with Crippen molar-refractivity contribution in [3.8, 4) is 0 Å². The lowest BCUT2D eigenvalue weighted by Crippen LogP contribution is -2.05. The molecule has 0 radical (unpaired) electrons. The Morgan fingerprint density at radius 3 is 2.31 bits per heavy atom. The Labute approximate surface area is 87.7 Å². The highest BCUT2D eigenvalue weighted by Crippen LogP contribution is 2.35. The summed E-state index contributed by atoms with van der Waals surface area (Å²) in [6, 6.07) is 3.89. The second-order valence-corrected chi connectivity index (χ2v) is 3.64. The molecular formula is C8H6BrF3S. The molecule has 0 unspecified atom stereocenters. The molecule has 0 saturated carbocycles. The van der Waals surface area contributed by atoms with Crippen molar-refractivity contribution in [3.63, 3.8) is 0 Å². The predicted octanol–water partition coefficient (Wildman–Crippen LogP) is 3.90. The number of hydrogen-bond donors (Lipinski definition) is 1. The predicted molar refractivity (Wildman–Crippen MR) is 51.8 cm³/mol. The average Bonchev–Trinajstić information content (AvgIpc) is 2.01. The summed E-state index contributed by atoms with van der Waals surface area (Å²) in [7, 11) is 0. The zero-order valence-electron chi connectivity index (χ0n) is 6.40. The van der Waals surface area contributed by atoms with E-state index in [1.54, 1.807) is 0 Å². The number of halogens is 4. The molecule has 0 nitrogen and oxygen atoms in total. The Hall–Kier alpha value is -0.160. The lowest BCUT2D eigenvalue weighted by atomic mass is 10.1. The summed E-state index contributed by atoms with van der Waals surface area (Å²) < 4.78 is 36.8. The summed E-state index contributed by atoms with van der Waals surface area (Å²) in [5, 5.41) is 0. The van der Waals surface area contributed by atoms with Crippen LogP contribution in [0.15, 0.2) is 22.7 Å². The molecule has 0 amide bonds. The van der Waals surface area contributed by atoms with E-state index in [0.717, 1.165) is 11.6 Å². The minimum atomic E-state index is -4.30. The van der Waals surface area contributed by atoms with Crippen molar-refractivity contribution < 1.29 is 13.2 Å². The standard InChI is InChI=1S/C8H6BrF3S/c9-7-3-5(4-13)1-2-6(7)8(10,11)12/h1-3,13H,4H2. The number of hydrogen-bond acceptors (Lipinski definition) is 1. The van der Waals surface area contributed by atoms with Gasteiger partial charge in [-0.05, 0) is 17.7 Å². The van der Waals surface area contributed by atoms with Gasteiger partial charge in [0, 0.05) is 10.2 Å². The monoisotopic (exact) mass is 270 g/mol. The number of rotatable bonds is 1. The minimum Gasteiger partial charge on any atom is -0.175 e. The molecule has 0 heterocycles. The van der Waals surface area contributed by atoms with Gasteiger partial charge in [0.25, 0.3) is 0 Å². The first-order valence-corrected chi connectivity index (χ1v) is 4.84. The molecule has 0 fully saturated rings. The van der Waals surface area contributed by atoms with Crippen LogP contribution >= 0.6 is 28.6 Å². The molecule has 0 bridgehead atoms. The smallest absolute Gasteiger partial charge is 0.175 e. The Balaban J connectivity index is 3.13. The van der Waals surface area contributed by atoms with Crippen molar-refractivity contribution in [1.82, 2.24) is 0 Å². The largest absolute Gasteiger partial charge is 0.417 e. The summed E-state index contributed by atoms with van der Waals surface area (Å²) in [5.41, 5.74) is 0.0984. The van der Waals surface area contributed by atoms with E-state index in [0.29, 0.717) is 5.75 Å². The normalized spacial score (nSPS) is 11.8. The summed E-state index contributed by atoms with van der Waals surface area (Å²) in [5.74, 6) is 0.427. The molecule has 72 valence electrons. The number of thiol groups is 1. The van der Waals surface area contributed by atoms with Gasteiger partial charge < -0.3 is 0 Å². The zero-order chi connectivity index (χ0) is 10.1. The zero-order valence-corrected chi connectivity index (χ0v) is 8.88. The van der Waals surface area contributed by atoms with E-state index >= 15 is 0 Å². The van der Waals surface area contributed by atoms with E-state index in [-0.39, 0.29) is 4.47 Å². The van der Waals surface area contributed by atoms with Crippen molar-refractivity contribution >= 4 is 28.6 Å². The molecule has 0 saturated heterocycles. The van der Waals surface area contributed by atoms with Crippen LogP contribution in [0.3, 0.4) is 0 Å². The van der Waals surface area contributed by atoms with E-state index < -0.39 is 11.7 Å². The maximum absolute atomic E-state index is 12.2. The lowest BCUT2D eigenvalue weighted by molar-refractivity contribution is -0.138. The summed E-state index contributed by atoms with van der Waals surface area (Å²) in [4.78, 5) is 0. The molecule has 1 aromatic carbocycles. The topological polar surface area (TPSA) is 0 Å². The van der Waals surface area contributed by atoms with Crippen molar-refractivity contribution in [2.24, 2.45) is 0 Å². The molecule has 5 heteroatoms. The lowest BCUT2D eigenvalue weighted by Gasteiger charge is -2.09. The van der Waals surface area contributed by atoms with Crippen LogP contribution in [0.1, 0.15) is 11.1 Å². The third-order valence-corrected chi connectivity index (χ3v) is 2.54. The highest BCUT2D eigenvalue weighted by molar-refractivity contribution is 9.10. The fourth-order valence-electron chi connectivity index (χ4n) is 0.887. The van der Waals surface area contributed by atoms with Crippen molar-refractivity contribution in [1.29, 1.82) is 0 Å². The van der Waals surface area contributed by atoms with E-state index in [2.05, 4.69) is 28.6 Å². The first-order chi connectivity index (χ1) is 5.95. The van der Waals surface area contributed by atoms with Gasteiger partial charge in [-0.1, -0.05) is 22.0 Å². The molecule has 0 aromatic heterocycles. The SMILES string of the molecule is FC(F)(F)c1ccc(CS)cc1Br. The number of benzene rings is 1. The van der Waals surface area contributed by atoms with E-state index in [1.165, 1.54) is 12.1 Å². The summed E-state index contributed by atoms with van der Waals surface area (Å²) in [6.07, 6.45) is -4.30. The molecule has 0 aliphatic carbocycles. The number of alkyl halides is 3. The Kier molecular flexibility index (Phi) is 3.29. The van der Waals surface area contributed by atoms with Gasteiger partial charge in [0.1, 0.15) is 0 Å². The van der Waals surface area contributed by atoms with Crippen LogP contribution in [-0.4, -0.2) is 0 Å². The molecule has 0 spiro atoms. The first-order valence-electron chi connectivity index (χ1n) is 3.41. The van der Waals surface area contributed by atoms with E-state index in [9.17, 15) is 13.2 Å². The van der Waals surface area contributed by atoms with Crippen LogP contribution in [-0.2, 0) is 11.9 Å². The van der Waals surface area contributed by atoms with Gasteiger partial charge in [-0.2, -0.15) is 25.8 Å². The molecule has 1 aromatic rings. The maximum Gasteiger partial charge on any atom is 0.417 e. The van der Waals surface area contributed by atoms with Crippen LogP contribution in [0.5, 0.6) is 0 Å². The molecular weight excluding hydrogens is 265 g/mol. The third-order valence-electron chi connectivity index (χ3n) is 1.52. The summed E-state index contributed by atoms with van der Waals surface area (Å²) in [6.45, 7) is 0. The first kappa shape index (κ1) is 10.9. The van der Waals surface area contributed by atoms with Gasteiger partial charge in [0.15, 0.2) is 0 Å². The van der Waals surface area contributed by atoms with Gasteiger partial charge in [-0.3, -0.25) is 0 Å². The maximum atomic E-state index is 12.2. The van der Waals surface area contributed by atoms with Crippen LogP contribution in [0.25, 0.3) is 0 Å². The fraction of sp³-hybridized carbons (Fsp3) is 0.250.